The fourth-order valence-corrected chi connectivity index (χ4v) is 2.70. The lowest BCUT2D eigenvalue weighted by Crippen LogP contribution is -2.39. The number of nitrogens with zero attached hydrogens (tertiary/aromatic N) is 2. The topological polar surface area (TPSA) is 44.0 Å². The Bertz CT molecular complexity index is 1000. The summed E-state index contributed by atoms with van der Waals surface area (Å²) < 4.78 is 2.69. The zero-order valence-corrected chi connectivity index (χ0v) is 14.3. The third kappa shape index (κ3) is 4.17. The Labute approximate surface area is 150 Å². The molecule has 0 saturated heterocycles. The minimum Gasteiger partial charge on any atom is -0.297 e. The van der Waals surface area contributed by atoms with Gasteiger partial charge in [-0.1, -0.05) is 72.3 Å². The SMILES string of the molecule is O=c1ccn(C/C=C/c2ccccc2)c(=O)n1Cc1ccccc1Cl. The van der Waals surface area contributed by atoms with E-state index in [1.165, 1.54) is 21.4 Å². The largest absolute Gasteiger partial charge is 0.331 e. The monoisotopic (exact) mass is 352 g/mol. The van der Waals surface area contributed by atoms with Crippen molar-refractivity contribution in [2.24, 2.45) is 0 Å². The highest BCUT2D eigenvalue weighted by atomic mass is 35.5. The van der Waals surface area contributed by atoms with Gasteiger partial charge in [0.15, 0.2) is 0 Å². The predicted octanol–water partition coefficient (Wildman–Crippen LogP) is 3.43. The van der Waals surface area contributed by atoms with Gasteiger partial charge in [-0.05, 0) is 17.2 Å². The van der Waals surface area contributed by atoms with Crippen LogP contribution in [-0.2, 0) is 13.1 Å². The van der Waals surface area contributed by atoms with Gasteiger partial charge < -0.3 is 0 Å². The van der Waals surface area contributed by atoms with Crippen molar-refractivity contribution >= 4 is 17.7 Å². The van der Waals surface area contributed by atoms with Crippen molar-refractivity contribution in [3.05, 3.63) is 110 Å². The summed E-state index contributed by atoms with van der Waals surface area (Å²) in [6.45, 7) is 0.539. The summed E-state index contributed by atoms with van der Waals surface area (Å²) in [5, 5.41) is 0.535. The van der Waals surface area contributed by atoms with E-state index in [0.29, 0.717) is 11.6 Å². The predicted molar refractivity (Wildman–Crippen MR) is 101 cm³/mol. The molecule has 0 amide bonds. The minimum atomic E-state index is -0.356. The van der Waals surface area contributed by atoms with Crippen LogP contribution in [0.15, 0.2) is 82.5 Å². The quantitative estimate of drug-likeness (QED) is 0.706. The summed E-state index contributed by atoms with van der Waals surface area (Å²) in [5.41, 5.74) is 1.10. The highest BCUT2D eigenvalue weighted by Gasteiger charge is 2.07. The van der Waals surface area contributed by atoms with E-state index in [-0.39, 0.29) is 17.8 Å². The van der Waals surface area contributed by atoms with Gasteiger partial charge in [0.05, 0.1) is 6.54 Å². The molecule has 0 aliphatic heterocycles. The van der Waals surface area contributed by atoms with Gasteiger partial charge in [-0.2, -0.15) is 0 Å². The van der Waals surface area contributed by atoms with Crippen molar-refractivity contribution in [2.75, 3.05) is 0 Å². The standard InChI is InChI=1S/C20H17ClN2O2/c21-18-11-5-4-10-17(18)15-23-19(24)12-14-22(20(23)25)13-6-9-16-7-2-1-3-8-16/h1-12,14H,13,15H2/b9-6+. The average Bonchev–Trinajstić information content (AvgIpc) is 2.63. The Kier molecular flexibility index (Phi) is 5.31. The summed E-state index contributed by atoms with van der Waals surface area (Å²) in [6.07, 6.45) is 5.35. The first-order valence-electron chi connectivity index (χ1n) is 7.90. The number of halogens is 1. The van der Waals surface area contributed by atoms with E-state index < -0.39 is 0 Å². The van der Waals surface area contributed by atoms with Gasteiger partial charge in [0.1, 0.15) is 0 Å². The lowest BCUT2D eigenvalue weighted by atomic mass is 10.2. The maximum atomic E-state index is 12.6. The summed E-state index contributed by atoms with van der Waals surface area (Å²) in [4.78, 5) is 24.7. The van der Waals surface area contributed by atoms with Crippen LogP contribution in [0.3, 0.4) is 0 Å². The maximum Gasteiger partial charge on any atom is 0.331 e. The van der Waals surface area contributed by atoms with Crippen molar-refractivity contribution in [1.82, 2.24) is 9.13 Å². The van der Waals surface area contributed by atoms with Gasteiger partial charge in [0, 0.05) is 23.8 Å². The van der Waals surface area contributed by atoms with E-state index in [9.17, 15) is 9.59 Å². The van der Waals surface area contributed by atoms with Crippen LogP contribution in [-0.4, -0.2) is 9.13 Å². The zero-order valence-electron chi connectivity index (χ0n) is 13.5. The number of aromatic nitrogens is 2. The first kappa shape index (κ1) is 17.0. The molecule has 0 bridgehead atoms. The minimum absolute atomic E-state index is 0.153. The average molecular weight is 353 g/mol. The number of rotatable bonds is 5. The van der Waals surface area contributed by atoms with Crippen molar-refractivity contribution in [2.45, 2.75) is 13.1 Å². The van der Waals surface area contributed by atoms with Crippen LogP contribution < -0.4 is 11.2 Å². The Morgan fingerprint density at radius 2 is 1.64 bits per heavy atom. The molecule has 4 nitrogen and oxygen atoms in total. The van der Waals surface area contributed by atoms with E-state index in [1.807, 2.05) is 54.6 Å². The second kappa shape index (κ2) is 7.81. The summed E-state index contributed by atoms with van der Waals surface area (Å²) >= 11 is 6.13. The smallest absolute Gasteiger partial charge is 0.297 e. The Balaban J connectivity index is 1.85. The molecule has 0 spiro atoms. The van der Waals surface area contributed by atoms with Crippen molar-refractivity contribution in [3.63, 3.8) is 0 Å². The number of benzene rings is 2. The fraction of sp³-hybridized carbons (Fsp3) is 0.100. The second-order valence-electron chi connectivity index (χ2n) is 5.58. The first-order valence-corrected chi connectivity index (χ1v) is 8.28. The van der Waals surface area contributed by atoms with E-state index >= 15 is 0 Å². The molecular formula is C20H17ClN2O2. The molecule has 1 heterocycles. The lowest BCUT2D eigenvalue weighted by molar-refractivity contribution is 0.618. The third-order valence-corrected chi connectivity index (χ3v) is 4.21. The van der Waals surface area contributed by atoms with Gasteiger partial charge in [0.25, 0.3) is 5.56 Å². The Morgan fingerprint density at radius 1 is 0.920 bits per heavy atom. The van der Waals surface area contributed by atoms with Gasteiger partial charge in [-0.3, -0.25) is 13.9 Å². The highest BCUT2D eigenvalue weighted by Crippen LogP contribution is 2.14. The second-order valence-corrected chi connectivity index (χ2v) is 5.99. The molecule has 0 aliphatic rings. The van der Waals surface area contributed by atoms with Crippen LogP contribution in [0.2, 0.25) is 5.02 Å². The maximum absolute atomic E-state index is 12.6. The molecule has 2 aromatic carbocycles. The highest BCUT2D eigenvalue weighted by molar-refractivity contribution is 6.31. The van der Waals surface area contributed by atoms with Crippen molar-refractivity contribution < 1.29 is 0 Å². The van der Waals surface area contributed by atoms with Crippen LogP contribution >= 0.6 is 11.6 Å². The van der Waals surface area contributed by atoms with Crippen LogP contribution in [0.25, 0.3) is 6.08 Å². The van der Waals surface area contributed by atoms with Crippen LogP contribution in [0.5, 0.6) is 0 Å². The van der Waals surface area contributed by atoms with Crippen LogP contribution in [0.4, 0.5) is 0 Å². The summed E-state index contributed by atoms with van der Waals surface area (Å²) in [6, 6.07) is 18.4. The normalized spacial score (nSPS) is 11.1. The third-order valence-electron chi connectivity index (χ3n) is 3.84. The first-order chi connectivity index (χ1) is 12.1. The Hall–Kier alpha value is -2.85. The van der Waals surface area contributed by atoms with E-state index in [4.69, 9.17) is 11.6 Å². The molecule has 0 unspecified atom stereocenters. The van der Waals surface area contributed by atoms with Gasteiger partial charge >= 0.3 is 5.69 Å². The van der Waals surface area contributed by atoms with Gasteiger partial charge in [0.2, 0.25) is 0 Å². The van der Waals surface area contributed by atoms with Crippen LogP contribution in [0, 0.1) is 0 Å². The number of hydrogen-bond donors (Lipinski definition) is 0. The molecule has 3 aromatic rings. The molecule has 0 atom stereocenters. The number of allylic oxidation sites excluding steroid dienone is 1. The van der Waals surface area contributed by atoms with Crippen molar-refractivity contribution in [1.29, 1.82) is 0 Å². The summed E-state index contributed by atoms with van der Waals surface area (Å²) in [7, 11) is 0. The molecule has 3 rings (SSSR count). The van der Waals surface area contributed by atoms with E-state index in [0.717, 1.165) is 11.1 Å². The number of hydrogen-bond acceptors (Lipinski definition) is 2. The molecular weight excluding hydrogens is 336 g/mol. The van der Waals surface area contributed by atoms with E-state index in [1.54, 1.807) is 12.1 Å². The molecule has 0 aliphatic carbocycles. The molecule has 5 heteroatoms. The molecule has 0 radical (unpaired) electrons. The van der Waals surface area contributed by atoms with Gasteiger partial charge in [-0.15, -0.1) is 0 Å². The van der Waals surface area contributed by atoms with Crippen molar-refractivity contribution in [3.8, 4) is 0 Å². The molecule has 25 heavy (non-hydrogen) atoms. The molecule has 0 saturated carbocycles. The molecule has 0 fully saturated rings. The zero-order chi connectivity index (χ0) is 17.6. The summed E-state index contributed by atoms with van der Waals surface area (Å²) in [5.74, 6) is 0. The molecule has 1 aromatic heterocycles. The fourth-order valence-electron chi connectivity index (χ4n) is 2.50. The Morgan fingerprint density at radius 3 is 2.40 bits per heavy atom. The van der Waals surface area contributed by atoms with E-state index in [2.05, 4.69) is 0 Å². The lowest BCUT2D eigenvalue weighted by Gasteiger charge is -2.09. The molecule has 126 valence electrons. The van der Waals surface area contributed by atoms with Gasteiger partial charge in [-0.25, -0.2) is 4.79 Å². The van der Waals surface area contributed by atoms with Crippen LogP contribution in [0.1, 0.15) is 11.1 Å². The molecule has 0 N–H and O–H groups in total.